The van der Waals surface area contributed by atoms with Gasteiger partial charge in [0.25, 0.3) is 0 Å². The first kappa shape index (κ1) is 13.9. The lowest BCUT2D eigenvalue weighted by Crippen LogP contribution is -2.14. The van der Waals surface area contributed by atoms with Crippen molar-refractivity contribution in [1.82, 2.24) is 0 Å². The normalized spacial score (nSPS) is 11.4. The van der Waals surface area contributed by atoms with Crippen LogP contribution < -0.4 is 5.73 Å². The molecule has 2 aromatic carbocycles. The first-order valence-corrected chi connectivity index (χ1v) is 5.71. The second-order valence-electron chi connectivity index (χ2n) is 4.01. The van der Waals surface area contributed by atoms with Gasteiger partial charge in [0.15, 0.2) is 17.5 Å². The third-order valence-electron chi connectivity index (χ3n) is 2.50. The molecule has 2 N–H and O–H groups in total. The molecule has 0 aromatic heterocycles. The van der Waals surface area contributed by atoms with Crippen LogP contribution in [-0.4, -0.2) is 5.84 Å². The van der Waals surface area contributed by atoms with Crippen LogP contribution in [0.2, 0.25) is 0 Å². The van der Waals surface area contributed by atoms with Gasteiger partial charge in [0.2, 0.25) is 0 Å². The highest BCUT2D eigenvalue weighted by atomic mass is 19.2. The molecule has 0 bridgehead atoms. The Bertz CT molecular complexity index is 644. The van der Waals surface area contributed by atoms with Gasteiger partial charge >= 0.3 is 0 Å². The number of nitrogens with two attached hydrogens (primary N) is 1. The second-order valence-corrected chi connectivity index (χ2v) is 4.01. The number of halogens is 3. The van der Waals surface area contributed by atoms with Crippen LogP contribution in [0.15, 0.2) is 47.6 Å². The molecule has 0 atom stereocenters. The maximum absolute atomic E-state index is 13.0. The highest BCUT2D eigenvalue weighted by Gasteiger charge is 2.05. The van der Waals surface area contributed by atoms with Crippen molar-refractivity contribution in [2.45, 2.75) is 6.61 Å². The van der Waals surface area contributed by atoms with Crippen molar-refractivity contribution >= 4 is 5.84 Å². The first-order chi connectivity index (χ1) is 9.56. The van der Waals surface area contributed by atoms with E-state index in [1.54, 1.807) is 6.07 Å². The number of amidine groups is 1. The van der Waals surface area contributed by atoms with E-state index in [4.69, 9.17) is 10.6 Å². The van der Waals surface area contributed by atoms with Crippen LogP contribution in [0.4, 0.5) is 13.2 Å². The zero-order valence-corrected chi connectivity index (χ0v) is 10.3. The van der Waals surface area contributed by atoms with Gasteiger partial charge in [-0.05, 0) is 35.9 Å². The lowest BCUT2D eigenvalue weighted by molar-refractivity contribution is 0.130. The summed E-state index contributed by atoms with van der Waals surface area (Å²) in [5, 5.41) is 3.57. The van der Waals surface area contributed by atoms with Crippen molar-refractivity contribution in [2.24, 2.45) is 10.9 Å². The molecule has 0 amide bonds. The van der Waals surface area contributed by atoms with E-state index in [0.717, 1.165) is 12.1 Å². The van der Waals surface area contributed by atoms with Crippen LogP contribution in [-0.2, 0) is 11.4 Å². The van der Waals surface area contributed by atoms with E-state index in [9.17, 15) is 13.2 Å². The Labute approximate surface area is 113 Å². The second kappa shape index (κ2) is 6.10. The number of oxime groups is 1. The maximum Gasteiger partial charge on any atom is 0.170 e. The topological polar surface area (TPSA) is 47.6 Å². The summed E-state index contributed by atoms with van der Waals surface area (Å²) in [4.78, 5) is 4.94. The molecule has 104 valence electrons. The van der Waals surface area contributed by atoms with Crippen LogP contribution in [0.1, 0.15) is 11.1 Å². The molecule has 0 radical (unpaired) electrons. The van der Waals surface area contributed by atoms with Crippen LogP contribution in [0.25, 0.3) is 0 Å². The van der Waals surface area contributed by atoms with Crippen molar-refractivity contribution in [3.05, 3.63) is 71.0 Å². The van der Waals surface area contributed by atoms with Crippen molar-refractivity contribution < 1.29 is 18.0 Å². The van der Waals surface area contributed by atoms with E-state index >= 15 is 0 Å². The van der Waals surface area contributed by atoms with Gasteiger partial charge in [-0.15, -0.1) is 0 Å². The van der Waals surface area contributed by atoms with Crippen LogP contribution in [0.3, 0.4) is 0 Å². The quantitative estimate of drug-likeness (QED) is 0.532. The van der Waals surface area contributed by atoms with Gasteiger partial charge in [-0.3, -0.25) is 0 Å². The first-order valence-electron chi connectivity index (χ1n) is 5.71. The Balaban J connectivity index is 2.02. The van der Waals surface area contributed by atoms with E-state index in [2.05, 4.69) is 5.16 Å². The summed E-state index contributed by atoms with van der Waals surface area (Å²) >= 11 is 0. The Hall–Kier alpha value is -2.50. The van der Waals surface area contributed by atoms with Gasteiger partial charge in [0.1, 0.15) is 12.4 Å². The molecule has 3 nitrogen and oxygen atoms in total. The van der Waals surface area contributed by atoms with Crippen LogP contribution in [0, 0.1) is 17.5 Å². The van der Waals surface area contributed by atoms with E-state index in [0.29, 0.717) is 5.56 Å². The highest BCUT2D eigenvalue weighted by Crippen LogP contribution is 2.09. The lowest BCUT2D eigenvalue weighted by atomic mass is 10.2. The van der Waals surface area contributed by atoms with E-state index in [1.165, 1.54) is 24.3 Å². The lowest BCUT2D eigenvalue weighted by Gasteiger charge is -2.03. The molecule has 0 saturated carbocycles. The largest absolute Gasteiger partial charge is 0.389 e. The standard InChI is InChI=1S/C14H11F3N2O/c15-11-3-1-2-9(6-11)8-20-19-14(18)10-4-5-12(16)13(17)7-10/h1-7H,8H2,(H2,18,19). The summed E-state index contributed by atoms with van der Waals surface area (Å²) in [6.07, 6.45) is 0. The molecule has 0 heterocycles. The van der Waals surface area contributed by atoms with Crippen molar-refractivity contribution in [3.8, 4) is 0 Å². The number of hydrogen-bond donors (Lipinski definition) is 1. The molecule has 20 heavy (non-hydrogen) atoms. The molecular weight excluding hydrogens is 269 g/mol. The van der Waals surface area contributed by atoms with Gasteiger partial charge < -0.3 is 10.6 Å². The van der Waals surface area contributed by atoms with Crippen LogP contribution >= 0.6 is 0 Å². The monoisotopic (exact) mass is 280 g/mol. The Morgan fingerprint density at radius 3 is 2.55 bits per heavy atom. The number of hydrogen-bond acceptors (Lipinski definition) is 2. The molecule has 2 rings (SSSR count). The highest BCUT2D eigenvalue weighted by molar-refractivity contribution is 5.97. The van der Waals surface area contributed by atoms with Gasteiger partial charge in [0, 0.05) is 5.56 Å². The molecule has 0 aliphatic heterocycles. The zero-order chi connectivity index (χ0) is 14.5. The van der Waals surface area contributed by atoms with Crippen molar-refractivity contribution in [2.75, 3.05) is 0 Å². The summed E-state index contributed by atoms with van der Waals surface area (Å²) in [5.74, 6) is -2.48. The molecule has 0 saturated heterocycles. The van der Waals surface area contributed by atoms with Crippen molar-refractivity contribution in [3.63, 3.8) is 0 Å². The van der Waals surface area contributed by atoms with E-state index in [1.807, 2.05) is 0 Å². The van der Waals surface area contributed by atoms with Crippen LogP contribution in [0.5, 0.6) is 0 Å². The summed E-state index contributed by atoms with van der Waals surface area (Å²) in [5.41, 5.74) is 6.34. The van der Waals surface area contributed by atoms with E-state index < -0.39 is 11.6 Å². The van der Waals surface area contributed by atoms with Crippen molar-refractivity contribution in [1.29, 1.82) is 0 Å². The minimum Gasteiger partial charge on any atom is -0.389 e. The summed E-state index contributed by atoms with van der Waals surface area (Å²) < 4.78 is 38.7. The minimum absolute atomic E-state index is 0.0160. The molecule has 0 fully saturated rings. The Kier molecular flexibility index (Phi) is 4.24. The summed E-state index contributed by atoms with van der Waals surface area (Å²) in [6, 6.07) is 8.94. The predicted molar refractivity (Wildman–Crippen MR) is 68.3 cm³/mol. The summed E-state index contributed by atoms with van der Waals surface area (Å²) in [7, 11) is 0. The fraction of sp³-hybridized carbons (Fsp3) is 0.0714. The number of rotatable bonds is 4. The Morgan fingerprint density at radius 2 is 1.85 bits per heavy atom. The molecule has 0 aliphatic carbocycles. The van der Waals surface area contributed by atoms with E-state index in [-0.39, 0.29) is 23.8 Å². The number of nitrogens with zero attached hydrogens (tertiary/aromatic N) is 1. The molecule has 6 heteroatoms. The molecule has 2 aromatic rings. The SMILES string of the molecule is N/C(=N/OCc1cccc(F)c1)c1ccc(F)c(F)c1. The van der Waals surface area contributed by atoms with Gasteiger partial charge in [-0.1, -0.05) is 17.3 Å². The minimum atomic E-state index is -1.02. The summed E-state index contributed by atoms with van der Waals surface area (Å²) in [6.45, 7) is 0.0160. The average molecular weight is 280 g/mol. The third-order valence-corrected chi connectivity index (χ3v) is 2.50. The van der Waals surface area contributed by atoms with Gasteiger partial charge in [-0.2, -0.15) is 0 Å². The molecule has 0 spiro atoms. The smallest absolute Gasteiger partial charge is 0.170 e. The number of benzene rings is 2. The zero-order valence-electron chi connectivity index (χ0n) is 10.3. The molecule has 0 aliphatic rings. The Morgan fingerprint density at radius 1 is 1.05 bits per heavy atom. The third kappa shape index (κ3) is 3.50. The maximum atomic E-state index is 13.0. The van der Waals surface area contributed by atoms with Gasteiger partial charge in [-0.25, -0.2) is 13.2 Å². The fourth-order valence-electron chi connectivity index (χ4n) is 1.51. The molecular formula is C14H11F3N2O. The molecule has 0 unspecified atom stereocenters. The van der Waals surface area contributed by atoms with Gasteiger partial charge in [0.05, 0.1) is 0 Å². The predicted octanol–water partition coefficient (Wildman–Crippen LogP) is 2.94. The fourth-order valence-corrected chi connectivity index (χ4v) is 1.51. The average Bonchev–Trinajstić information content (AvgIpc) is 2.42.